The molecule has 0 heterocycles. The van der Waals surface area contributed by atoms with Gasteiger partial charge in [0.15, 0.2) is 0 Å². The number of carbonyl (C=O) groups is 1. The zero-order chi connectivity index (χ0) is 12.0. The lowest BCUT2D eigenvalue weighted by Gasteiger charge is -2.06. The van der Waals surface area contributed by atoms with Gasteiger partial charge in [0.2, 0.25) is 0 Å². The van der Waals surface area contributed by atoms with Crippen molar-refractivity contribution in [3.63, 3.8) is 0 Å². The van der Waals surface area contributed by atoms with Crippen molar-refractivity contribution in [2.45, 2.75) is 6.42 Å². The van der Waals surface area contributed by atoms with Gasteiger partial charge in [-0.15, -0.1) is 0 Å². The molecule has 7 heteroatoms. The van der Waals surface area contributed by atoms with Crippen molar-refractivity contribution in [1.29, 1.82) is 0 Å². The van der Waals surface area contributed by atoms with Crippen LogP contribution >= 0.6 is 15.9 Å². The smallest absolute Gasteiger partial charge is 0.329 e. The van der Waals surface area contributed by atoms with Crippen LogP contribution < -0.4 is 16.2 Å². The first-order valence-electron chi connectivity index (χ1n) is 4.36. The normalized spacial score (nSPS) is 9.94. The monoisotopic (exact) mass is 292 g/mol. The Hall–Kier alpha value is -1.18. The van der Waals surface area contributed by atoms with Gasteiger partial charge >= 0.3 is 5.97 Å². The van der Waals surface area contributed by atoms with Crippen LogP contribution in [0.25, 0.3) is 0 Å². The molecule has 88 valence electrons. The number of hydrazine groups is 1. The van der Waals surface area contributed by atoms with Crippen molar-refractivity contribution in [3.8, 4) is 5.75 Å². The molecule has 0 fully saturated rings. The van der Waals surface area contributed by atoms with Gasteiger partial charge in [0.1, 0.15) is 11.6 Å². The number of hydrogen-bond acceptors (Lipinski definition) is 5. The van der Waals surface area contributed by atoms with E-state index < -0.39 is 5.97 Å². The number of benzene rings is 1. The van der Waals surface area contributed by atoms with Crippen molar-refractivity contribution in [1.82, 2.24) is 5.59 Å². The Kier molecular flexibility index (Phi) is 5.17. The Morgan fingerprint density at radius 3 is 2.94 bits per heavy atom. The molecule has 0 aliphatic rings. The molecule has 1 rings (SSSR count). The zero-order valence-electron chi connectivity index (χ0n) is 8.20. The first-order valence-corrected chi connectivity index (χ1v) is 5.16. The fraction of sp³-hybridized carbons (Fsp3) is 0.222. The minimum Gasteiger partial charge on any atom is -0.493 e. The van der Waals surface area contributed by atoms with Crippen LogP contribution in [0, 0.1) is 5.82 Å². The lowest BCUT2D eigenvalue weighted by molar-refractivity contribution is -0.151. The fourth-order valence-corrected chi connectivity index (χ4v) is 1.29. The summed E-state index contributed by atoms with van der Waals surface area (Å²) in [5, 5.41) is 0. The number of halogens is 2. The summed E-state index contributed by atoms with van der Waals surface area (Å²) in [4.78, 5) is 15.1. The van der Waals surface area contributed by atoms with Crippen LogP contribution in [0.4, 0.5) is 4.39 Å². The van der Waals surface area contributed by atoms with Gasteiger partial charge in [0.25, 0.3) is 0 Å². The molecule has 1 aromatic rings. The maximum Gasteiger partial charge on any atom is 0.329 e. The van der Waals surface area contributed by atoms with Crippen molar-refractivity contribution in [3.05, 3.63) is 28.5 Å². The molecule has 0 aromatic heterocycles. The molecule has 1 aromatic carbocycles. The van der Waals surface area contributed by atoms with E-state index in [-0.39, 0.29) is 18.8 Å². The fourth-order valence-electron chi connectivity index (χ4n) is 0.936. The second-order valence-electron chi connectivity index (χ2n) is 2.77. The summed E-state index contributed by atoms with van der Waals surface area (Å²) in [5.74, 6) is 4.31. The maximum absolute atomic E-state index is 12.9. The van der Waals surface area contributed by atoms with Gasteiger partial charge in [-0.25, -0.2) is 10.2 Å². The second kappa shape index (κ2) is 6.41. The number of ether oxygens (including phenoxy) is 1. The summed E-state index contributed by atoms with van der Waals surface area (Å²) < 4.78 is 18.3. The van der Waals surface area contributed by atoms with Crippen LogP contribution in [0.15, 0.2) is 22.7 Å². The number of hydrogen-bond donors (Lipinski definition) is 2. The van der Waals surface area contributed by atoms with Crippen molar-refractivity contribution in [2.75, 3.05) is 6.61 Å². The average Bonchev–Trinajstić information content (AvgIpc) is 2.24. The topological polar surface area (TPSA) is 73.6 Å². The number of nitrogens with two attached hydrogens (primary N) is 1. The van der Waals surface area contributed by atoms with E-state index in [1.807, 2.05) is 0 Å². The van der Waals surface area contributed by atoms with Crippen LogP contribution in [-0.2, 0) is 9.63 Å². The minimum absolute atomic E-state index is 0.0409. The zero-order valence-corrected chi connectivity index (χ0v) is 9.79. The van der Waals surface area contributed by atoms with E-state index in [1.165, 1.54) is 18.2 Å². The van der Waals surface area contributed by atoms with Crippen molar-refractivity contribution < 1.29 is 18.8 Å². The van der Waals surface area contributed by atoms with Gasteiger partial charge in [0, 0.05) is 0 Å². The minimum atomic E-state index is -0.538. The summed E-state index contributed by atoms with van der Waals surface area (Å²) in [6.45, 7) is 0.124. The van der Waals surface area contributed by atoms with Gasteiger partial charge in [-0.3, -0.25) is 4.79 Å². The highest BCUT2D eigenvalue weighted by Crippen LogP contribution is 2.21. The lowest BCUT2D eigenvalue weighted by atomic mass is 10.3. The summed E-state index contributed by atoms with van der Waals surface area (Å²) in [6, 6.07) is 4.20. The first-order chi connectivity index (χ1) is 7.63. The molecule has 0 radical (unpaired) electrons. The standard InChI is InChI=1S/C9H10BrFN2O3/c10-7-5-6(1-2-8(7)11)15-4-3-9(14)16-13-12/h1-2,5,13H,3-4,12H2. The number of rotatable bonds is 5. The highest BCUT2D eigenvalue weighted by Gasteiger charge is 2.04. The highest BCUT2D eigenvalue weighted by molar-refractivity contribution is 9.10. The Balaban J connectivity index is 2.37. The molecule has 0 spiro atoms. The Bertz CT molecular complexity index is 376. The lowest BCUT2D eigenvalue weighted by Crippen LogP contribution is -2.26. The van der Waals surface area contributed by atoms with Crippen molar-refractivity contribution >= 4 is 21.9 Å². The van der Waals surface area contributed by atoms with Crippen LogP contribution in [-0.4, -0.2) is 12.6 Å². The van der Waals surface area contributed by atoms with E-state index in [0.29, 0.717) is 10.2 Å². The highest BCUT2D eigenvalue weighted by atomic mass is 79.9. The maximum atomic E-state index is 12.9. The molecule has 0 amide bonds. The SMILES string of the molecule is NNOC(=O)CCOc1ccc(F)c(Br)c1. The van der Waals surface area contributed by atoms with Crippen LogP contribution in [0.1, 0.15) is 6.42 Å². The molecule has 0 unspecified atom stereocenters. The number of nitrogens with one attached hydrogen (secondary N) is 1. The third-order valence-electron chi connectivity index (χ3n) is 1.64. The first kappa shape index (κ1) is 12.9. The number of carbonyl (C=O) groups excluding carboxylic acids is 1. The molecule has 16 heavy (non-hydrogen) atoms. The van der Waals surface area contributed by atoms with Crippen LogP contribution in [0.5, 0.6) is 5.75 Å². The van der Waals surface area contributed by atoms with E-state index in [2.05, 4.69) is 20.8 Å². The average molecular weight is 293 g/mol. The summed E-state index contributed by atoms with van der Waals surface area (Å²) in [5.41, 5.74) is 1.77. The molecule has 5 nitrogen and oxygen atoms in total. The summed E-state index contributed by atoms with van der Waals surface area (Å²) >= 11 is 3.02. The van der Waals surface area contributed by atoms with Crippen molar-refractivity contribution in [2.24, 2.45) is 5.84 Å². The predicted molar refractivity (Wildman–Crippen MR) is 57.6 cm³/mol. The Labute approximate surface area is 99.8 Å². The third kappa shape index (κ3) is 4.13. The molecule has 3 N–H and O–H groups in total. The van der Waals surface area contributed by atoms with Gasteiger partial charge < -0.3 is 9.57 Å². The van der Waals surface area contributed by atoms with E-state index in [0.717, 1.165) is 0 Å². The van der Waals surface area contributed by atoms with Crippen LogP contribution in [0.3, 0.4) is 0 Å². The summed E-state index contributed by atoms with van der Waals surface area (Å²) in [6.07, 6.45) is 0.0409. The third-order valence-corrected chi connectivity index (χ3v) is 2.25. The molecule has 0 aliphatic carbocycles. The quantitative estimate of drug-likeness (QED) is 0.632. The predicted octanol–water partition coefficient (Wildman–Crippen LogP) is 1.28. The molecule has 0 aliphatic heterocycles. The van der Waals surface area contributed by atoms with E-state index in [1.54, 1.807) is 5.59 Å². The van der Waals surface area contributed by atoms with Gasteiger partial charge in [-0.05, 0) is 34.1 Å². The second-order valence-corrected chi connectivity index (χ2v) is 3.62. The molecule has 0 saturated heterocycles. The Morgan fingerprint density at radius 2 is 2.31 bits per heavy atom. The van der Waals surface area contributed by atoms with Gasteiger partial charge in [-0.1, -0.05) is 5.59 Å². The molecule has 0 bridgehead atoms. The van der Waals surface area contributed by atoms with E-state index >= 15 is 0 Å². The molecule has 0 atom stereocenters. The molecule has 0 saturated carbocycles. The van der Waals surface area contributed by atoms with E-state index in [9.17, 15) is 9.18 Å². The molecular weight excluding hydrogens is 283 g/mol. The Morgan fingerprint density at radius 1 is 1.56 bits per heavy atom. The molecular formula is C9H10BrFN2O3. The van der Waals surface area contributed by atoms with E-state index in [4.69, 9.17) is 10.6 Å². The van der Waals surface area contributed by atoms with Gasteiger partial charge in [-0.2, -0.15) is 0 Å². The largest absolute Gasteiger partial charge is 0.493 e. The summed E-state index contributed by atoms with van der Waals surface area (Å²) in [7, 11) is 0. The van der Waals surface area contributed by atoms with Gasteiger partial charge in [0.05, 0.1) is 17.5 Å². The van der Waals surface area contributed by atoms with Crippen LogP contribution in [0.2, 0.25) is 0 Å².